The summed E-state index contributed by atoms with van der Waals surface area (Å²) >= 11 is 0. The number of carbonyl (C=O) groups is 1. The molecule has 21 heavy (non-hydrogen) atoms. The van der Waals surface area contributed by atoms with Crippen LogP contribution in [0.2, 0.25) is 0 Å². The van der Waals surface area contributed by atoms with E-state index in [1.807, 2.05) is 30.0 Å². The molecule has 4 nitrogen and oxygen atoms in total. The van der Waals surface area contributed by atoms with Gasteiger partial charge in [-0.2, -0.15) is 0 Å². The van der Waals surface area contributed by atoms with E-state index in [4.69, 9.17) is 9.47 Å². The molecule has 0 radical (unpaired) electrons. The SMILES string of the molecule is CCO[C@H]1[C@H]2[C@@H](C(=O)N1Cc1ccccc1)[C@@H]1CC[C@H]2O1. The number of carbonyl (C=O) groups excluding carboxylic acids is 1. The lowest BCUT2D eigenvalue weighted by atomic mass is 9.81. The van der Waals surface area contributed by atoms with E-state index in [-0.39, 0.29) is 36.2 Å². The average Bonchev–Trinajstić information content (AvgIpc) is 3.17. The highest BCUT2D eigenvalue weighted by Gasteiger charge is 2.62. The average molecular weight is 287 g/mol. The summed E-state index contributed by atoms with van der Waals surface area (Å²) in [5.41, 5.74) is 1.16. The minimum Gasteiger partial charge on any atom is -0.374 e. The van der Waals surface area contributed by atoms with Gasteiger partial charge in [-0.15, -0.1) is 0 Å². The Morgan fingerprint density at radius 3 is 2.76 bits per heavy atom. The first-order valence-electron chi connectivity index (χ1n) is 7.91. The van der Waals surface area contributed by atoms with Crippen molar-refractivity contribution in [1.29, 1.82) is 0 Å². The molecule has 1 aromatic rings. The lowest BCUT2D eigenvalue weighted by Crippen LogP contribution is -2.39. The maximum atomic E-state index is 12.8. The topological polar surface area (TPSA) is 38.8 Å². The molecule has 2 bridgehead atoms. The van der Waals surface area contributed by atoms with Gasteiger partial charge in [0, 0.05) is 19.1 Å². The third kappa shape index (κ3) is 2.00. The molecule has 0 spiro atoms. The zero-order valence-electron chi connectivity index (χ0n) is 12.3. The molecule has 0 aromatic heterocycles. The third-order valence-corrected chi connectivity index (χ3v) is 5.07. The molecule has 3 saturated heterocycles. The minimum atomic E-state index is -0.122. The number of amides is 1. The van der Waals surface area contributed by atoms with Crippen molar-refractivity contribution in [3.63, 3.8) is 0 Å². The van der Waals surface area contributed by atoms with Crippen molar-refractivity contribution in [3.8, 4) is 0 Å². The van der Waals surface area contributed by atoms with Gasteiger partial charge in [-0.05, 0) is 25.3 Å². The molecule has 0 aliphatic carbocycles. The summed E-state index contributed by atoms with van der Waals surface area (Å²) in [5.74, 6) is 0.457. The lowest BCUT2D eigenvalue weighted by molar-refractivity contribution is -0.144. The molecule has 0 saturated carbocycles. The highest BCUT2D eigenvalue weighted by Crippen LogP contribution is 2.51. The molecular formula is C17H21NO3. The summed E-state index contributed by atoms with van der Waals surface area (Å²) in [6.45, 7) is 3.26. The van der Waals surface area contributed by atoms with Crippen molar-refractivity contribution in [2.75, 3.05) is 6.61 Å². The van der Waals surface area contributed by atoms with Gasteiger partial charge in [-0.3, -0.25) is 4.79 Å². The molecule has 4 heteroatoms. The smallest absolute Gasteiger partial charge is 0.231 e. The van der Waals surface area contributed by atoms with Crippen molar-refractivity contribution >= 4 is 5.91 Å². The summed E-state index contributed by atoms with van der Waals surface area (Å²) in [5, 5.41) is 0. The third-order valence-electron chi connectivity index (χ3n) is 5.07. The number of rotatable bonds is 4. The van der Waals surface area contributed by atoms with E-state index >= 15 is 0 Å². The molecule has 3 aliphatic heterocycles. The van der Waals surface area contributed by atoms with Gasteiger partial charge in [0.1, 0.15) is 6.23 Å². The van der Waals surface area contributed by atoms with Crippen LogP contribution >= 0.6 is 0 Å². The fraction of sp³-hybridized carbons (Fsp3) is 0.588. The van der Waals surface area contributed by atoms with Crippen LogP contribution in [0.4, 0.5) is 0 Å². The van der Waals surface area contributed by atoms with Crippen molar-refractivity contribution in [3.05, 3.63) is 35.9 Å². The van der Waals surface area contributed by atoms with Crippen LogP contribution < -0.4 is 0 Å². The second-order valence-corrected chi connectivity index (χ2v) is 6.19. The molecule has 0 N–H and O–H groups in total. The molecule has 3 heterocycles. The van der Waals surface area contributed by atoms with Crippen molar-refractivity contribution in [1.82, 2.24) is 4.90 Å². The molecule has 3 aliphatic rings. The van der Waals surface area contributed by atoms with Crippen molar-refractivity contribution in [2.24, 2.45) is 11.8 Å². The van der Waals surface area contributed by atoms with Gasteiger partial charge in [0.15, 0.2) is 0 Å². The standard InChI is InChI=1S/C17H21NO3/c1-2-20-17-15-13-9-8-12(21-13)14(15)16(19)18(17)10-11-6-4-3-5-7-11/h3-7,12-15,17H,2,8-10H2,1H3/t12-,13+,14-,15+,17-/m0/s1. The van der Waals surface area contributed by atoms with E-state index in [1.165, 1.54) is 0 Å². The Morgan fingerprint density at radius 1 is 1.24 bits per heavy atom. The Labute approximate surface area is 125 Å². The number of fused-ring (bicyclic) bond motifs is 5. The first-order valence-corrected chi connectivity index (χ1v) is 7.91. The molecule has 3 fully saturated rings. The van der Waals surface area contributed by atoms with E-state index in [2.05, 4.69) is 12.1 Å². The quantitative estimate of drug-likeness (QED) is 0.852. The highest BCUT2D eigenvalue weighted by atomic mass is 16.5. The predicted molar refractivity (Wildman–Crippen MR) is 77.3 cm³/mol. The van der Waals surface area contributed by atoms with Crippen LogP contribution in [0, 0.1) is 11.8 Å². The molecule has 112 valence electrons. The maximum absolute atomic E-state index is 12.8. The molecular weight excluding hydrogens is 266 g/mol. The summed E-state index contributed by atoms with van der Waals surface area (Å²) < 4.78 is 11.9. The number of ether oxygens (including phenoxy) is 2. The zero-order chi connectivity index (χ0) is 14.4. The Morgan fingerprint density at radius 2 is 2.00 bits per heavy atom. The summed E-state index contributed by atoms with van der Waals surface area (Å²) in [6.07, 6.45) is 2.30. The second kappa shape index (κ2) is 5.11. The number of hydrogen-bond donors (Lipinski definition) is 0. The van der Waals surface area contributed by atoms with Crippen LogP contribution in [0.25, 0.3) is 0 Å². The fourth-order valence-electron chi connectivity index (χ4n) is 4.24. The van der Waals surface area contributed by atoms with E-state index in [1.54, 1.807) is 0 Å². The van der Waals surface area contributed by atoms with Crippen LogP contribution in [0.15, 0.2) is 30.3 Å². The van der Waals surface area contributed by atoms with E-state index in [9.17, 15) is 4.79 Å². The number of hydrogen-bond acceptors (Lipinski definition) is 3. The number of nitrogens with zero attached hydrogens (tertiary/aromatic N) is 1. The highest BCUT2D eigenvalue weighted by molar-refractivity contribution is 5.83. The number of benzene rings is 1. The zero-order valence-corrected chi connectivity index (χ0v) is 12.3. The normalized spacial score (nSPS) is 37.3. The van der Waals surface area contributed by atoms with E-state index in [0.717, 1.165) is 18.4 Å². The number of likely N-dealkylation sites (tertiary alicyclic amines) is 1. The van der Waals surface area contributed by atoms with Gasteiger partial charge in [0.05, 0.1) is 18.1 Å². The molecule has 1 amide bonds. The molecule has 5 atom stereocenters. The van der Waals surface area contributed by atoms with E-state index in [0.29, 0.717) is 13.2 Å². The first kappa shape index (κ1) is 13.3. The maximum Gasteiger partial charge on any atom is 0.231 e. The Bertz CT molecular complexity index is 532. The van der Waals surface area contributed by atoms with E-state index < -0.39 is 0 Å². The van der Waals surface area contributed by atoms with Crippen LogP contribution in [-0.2, 0) is 20.8 Å². The minimum absolute atomic E-state index is 0.0176. The summed E-state index contributed by atoms with van der Waals surface area (Å²) in [6, 6.07) is 10.2. The Kier molecular flexibility index (Phi) is 3.23. The van der Waals surface area contributed by atoms with Crippen LogP contribution in [0.5, 0.6) is 0 Å². The predicted octanol–water partition coefficient (Wildman–Crippen LogP) is 2.18. The second-order valence-electron chi connectivity index (χ2n) is 6.19. The van der Waals surface area contributed by atoms with Crippen LogP contribution in [0.3, 0.4) is 0 Å². The molecule has 4 rings (SSSR count). The first-order chi connectivity index (χ1) is 10.3. The van der Waals surface area contributed by atoms with Gasteiger partial charge < -0.3 is 14.4 Å². The van der Waals surface area contributed by atoms with Crippen LogP contribution in [-0.4, -0.2) is 35.8 Å². The van der Waals surface area contributed by atoms with Gasteiger partial charge in [-0.1, -0.05) is 30.3 Å². The van der Waals surface area contributed by atoms with Crippen molar-refractivity contribution < 1.29 is 14.3 Å². The monoisotopic (exact) mass is 287 g/mol. The molecule has 0 unspecified atom stereocenters. The summed E-state index contributed by atoms with van der Waals surface area (Å²) in [7, 11) is 0. The fourth-order valence-corrected chi connectivity index (χ4v) is 4.24. The van der Waals surface area contributed by atoms with Gasteiger partial charge in [0.25, 0.3) is 0 Å². The van der Waals surface area contributed by atoms with Gasteiger partial charge in [-0.25, -0.2) is 0 Å². The van der Waals surface area contributed by atoms with Gasteiger partial charge >= 0.3 is 0 Å². The molecule has 1 aromatic carbocycles. The lowest BCUT2D eigenvalue weighted by Gasteiger charge is -2.29. The Balaban J connectivity index is 1.61. The largest absolute Gasteiger partial charge is 0.374 e. The Hall–Kier alpha value is -1.39. The van der Waals surface area contributed by atoms with Crippen LogP contribution in [0.1, 0.15) is 25.3 Å². The van der Waals surface area contributed by atoms with Gasteiger partial charge in [0.2, 0.25) is 5.91 Å². The van der Waals surface area contributed by atoms with Crippen molar-refractivity contribution in [2.45, 2.75) is 44.7 Å². The summed E-state index contributed by atoms with van der Waals surface area (Å²) in [4.78, 5) is 14.8.